The predicted octanol–water partition coefficient (Wildman–Crippen LogP) is 3.44. The van der Waals surface area contributed by atoms with E-state index < -0.39 is 10.0 Å². The molecule has 1 N–H and O–H groups in total. The molecule has 3 rings (SSSR count). The first-order valence-electron chi connectivity index (χ1n) is 7.36. The van der Waals surface area contributed by atoms with E-state index in [1.54, 1.807) is 31.4 Å². The summed E-state index contributed by atoms with van der Waals surface area (Å²) >= 11 is 0. The smallest absolute Gasteiger partial charge is 0.241 e. The van der Waals surface area contributed by atoms with Gasteiger partial charge in [0.2, 0.25) is 10.0 Å². The number of nitrogens with one attached hydrogen (secondary N) is 1. The van der Waals surface area contributed by atoms with Gasteiger partial charge in [-0.3, -0.25) is 0 Å². The summed E-state index contributed by atoms with van der Waals surface area (Å²) in [6, 6.07) is 12.1. The summed E-state index contributed by atoms with van der Waals surface area (Å²) in [7, 11) is -1.97. The van der Waals surface area contributed by atoms with Crippen LogP contribution in [0.3, 0.4) is 0 Å². The molecule has 0 saturated heterocycles. The molecule has 1 aliphatic rings. The first-order valence-corrected chi connectivity index (χ1v) is 8.85. The van der Waals surface area contributed by atoms with Crippen LogP contribution in [-0.2, 0) is 10.0 Å². The highest BCUT2D eigenvalue weighted by atomic mass is 32.2. The SMILES string of the molecule is COc1cccc2c1C=C(C)C2NS(=O)(=O)c1ccc(C)cc1. The van der Waals surface area contributed by atoms with Crippen molar-refractivity contribution < 1.29 is 13.2 Å². The fourth-order valence-corrected chi connectivity index (χ4v) is 4.05. The maximum absolute atomic E-state index is 12.6. The second-order valence-electron chi connectivity index (χ2n) is 5.72. The van der Waals surface area contributed by atoms with Crippen molar-refractivity contribution in [3.8, 4) is 5.75 Å². The van der Waals surface area contributed by atoms with E-state index >= 15 is 0 Å². The van der Waals surface area contributed by atoms with Gasteiger partial charge in [-0.15, -0.1) is 0 Å². The molecule has 0 saturated carbocycles. The molecular weight excluding hydrogens is 310 g/mol. The van der Waals surface area contributed by atoms with Gasteiger partial charge in [-0.05, 0) is 37.6 Å². The van der Waals surface area contributed by atoms with Crippen LogP contribution in [0.1, 0.15) is 29.7 Å². The van der Waals surface area contributed by atoms with Crippen LogP contribution in [0.25, 0.3) is 6.08 Å². The Hall–Kier alpha value is -2.11. The van der Waals surface area contributed by atoms with Crippen LogP contribution in [0.15, 0.2) is 52.9 Å². The van der Waals surface area contributed by atoms with Crippen LogP contribution in [0.2, 0.25) is 0 Å². The Morgan fingerprint density at radius 1 is 1.04 bits per heavy atom. The van der Waals surface area contributed by atoms with Crippen molar-refractivity contribution >= 4 is 16.1 Å². The highest BCUT2D eigenvalue weighted by Gasteiger charge is 2.29. The van der Waals surface area contributed by atoms with Gasteiger partial charge >= 0.3 is 0 Å². The van der Waals surface area contributed by atoms with E-state index in [9.17, 15) is 8.42 Å². The Morgan fingerprint density at radius 2 is 1.74 bits per heavy atom. The molecule has 1 unspecified atom stereocenters. The molecule has 1 aliphatic carbocycles. The zero-order valence-corrected chi connectivity index (χ0v) is 14.1. The van der Waals surface area contributed by atoms with Gasteiger partial charge in [0.1, 0.15) is 5.75 Å². The van der Waals surface area contributed by atoms with Crippen LogP contribution >= 0.6 is 0 Å². The van der Waals surface area contributed by atoms with Gasteiger partial charge in [0.25, 0.3) is 0 Å². The third kappa shape index (κ3) is 2.90. The second kappa shape index (κ2) is 5.83. The molecule has 2 aromatic rings. The Bertz CT molecular complexity index is 868. The summed E-state index contributed by atoms with van der Waals surface area (Å²) in [4.78, 5) is 0.271. The van der Waals surface area contributed by atoms with Crippen LogP contribution in [0, 0.1) is 6.92 Å². The van der Waals surface area contributed by atoms with Crippen LogP contribution in [0.4, 0.5) is 0 Å². The molecule has 120 valence electrons. The predicted molar refractivity (Wildman–Crippen MR) is 90.9 cm³/mol. The van der Waals surface area contributed by atoms with Crippen LogP contribution < -0.4 is 9.46 Å². The lowest BCUT2D eigenvalue weighted by atomic mass is 10.1. The van der Waals surface area contributed by atoms with Gasteiger partial charge in [-0.1, -0.05) is 41.5 Å². The Kier molecular flexibility index (Phi) is 4.00. The number of hydrogen-bond donors (Lipinski definition) is 1. The average Bonchev–Trinajstić information content (AvgIpc) is 2.83. The quantitative estimate of drug-likeness (QED) is 0.935. The molecule has 5 heteroatoms. The summed E-state index contributed by atoms with van der Waals surface area (Å²) < 4.78 is 33.4. The van der Waals surface area contributed by atoms with E-state index in [4.69, 9.17) is 4.74 Å². The number of ether oxygens (including phenoxy) is 1. The topological polar surface area (TPSA) is 55.4 Å². The molecule has 23 heavy (non-hydrogen) atoms. The highest BCUT2D eigenvalue weighted by Crippen LogP contribution is 2.39. The lowest BCUT2D eigenvalue weighted by Gasteiger charge is -2.17. The molecule has 0 aliphatic heterocycles. The lowest BCUT2D eigenvalue weighted by Crippen LogP contribution is -2.28. The summed E-state index contributed by atoms with van der Waals surface area (Å²) in [5.74, 6) is 0.749. The molecule has 0 bridgehead atoms. The number of aryl methyl sites for hydroxylation is 1. The number of hydrogen-bond acceptors (Lipinski definition) is 3. The number of methoxy groups -OCH3 is 1. The summed E-state index contributed by atoms with van der Waals surface area (Å²) in [6.07, 6.45) is 1.97. The van der Waals surface area contributed by atoms with Crippen molar-refractivity contribution in [2.45, 2.75) is 24.8 Å². The molecule has 0 heterocycles. The van der Waals surface area contributed by atoms with E-state index in [-0.39, 0.29) is 10.9 Å². The normalized spacial score (nSPS) is 16.8. The van der Waals surface area contributed by atoms with Crippen molar-refractivity contribution in [2.24, 2.45) is 0 Å². The van der Waals surface area contributed by atoms with Gasteiger partial charge in [-0.2, -0.15) is 4.72 Å². The minimum atomic E-state index is -3.59. The zero-order valence-electron chi connectivity index (χ0n) is 13.3. The monoisotopic (exact) mass is 329 g/mol. The van der Waals surface area contributed by atoms with E-state index in [1.807, 2.05) is 38.1 Å². The van der Waals surface area contributed by atoms with Gasteiger partial charge in [-0.25, -0.2) is 8.42 Å². The number of fused-ring (bicyclic) bond motifs is 1. The van der Waals surface area contributed by atoms with E-state index in [0.717, 1.165) is 28.0 Å². The minimum Gasteiger partial charge on any atom is -0.496 e. The molecular formula is C18H19NO3S. The van der Waals surface area contributed by atoms with Gasteiger partial charge in [0, 0.05) is 5.56 Å². The van der Waals surface area contributed by atoms with Crippen molar-refractivity contribution in [1.82, 2.24) is 4.72 Å². The molecule has 0 fully saturated rings. The molecule has 1 atom stereocenters. The zero-order chi connectivity index (χ0) is 16.6. The van der Waals surface area contributed by atoms with E-state index in [0.29, 0.717) is 0 Å². The summed E-state index contributed by atoms with van der Waals surface area (Å²) in [5.41, 5.74) is 3.82. The molecule has 0 radical (unpaired) electrons. The van der Waals surface area contributed by atoms with Crippen LogP contribution in [-0.4, -0.2) is 15.5 Å². The standard InChI is InChI=1S/C18H19NO3S/c1-12-7-9-14(10-8-12)23(20,21)19-18-13(2)11-16-15(18)5-4-6-17(16)22-3/h4-11,18-19H,1-3H3. The number of sulfonamides is 1. The second-order valence-corrected chi connectivity index (χ2v) is 7.43. The van der Waals surface area contributed by atoms with Gasteiger partial charge in [0.05, 0.1) is 18.0 Å². The van der Waals surface area contributed by atoms with E-state index in [2.05, 4.69) is 4.72 Å². The molecule has 0 aromatic heterocycles. The van der Waals surface area contributed by atoms with Gasteiger partial charge in [0.15, 0.2) is 0 Å². The third-order valence-corrected chi connectivity index (χ3v) is 5.50. The fourth-order valence-electron chi connectivity index (χ4n) is 2.80. The maximum atomic E-state index is 12.6. The Labute approximate surface area is 136 Å². The number of rotatable bonds is 4. The largest absolute Gasteiger partial charge is 0.496 e. The van der Waals surface area contributed by atoms with Crippen LogP contribution in [0.5, 0.6) is 5.75 Å². The van der Waals surface area contributed by atoms with Gasteiger partial charge < -0.3 is 4.74 Å². The van der Waals surface area contributed by atoms with Crippen molar-refractivity contribution in [3.05, 3.63) is 64.7 Å². The summed E-state index contributed by atoms with van der Waals surface area (Å²) in [6.45, 7) is 3.85. The van der Waals surface area contributed by atoms with Crippen molar-refractivity contribution in [1.29, 1.82) is 0 Å². The van der Waals surface area contributed by atoms with Crippen molar-refractivity contribution in [2.75, 3.05) is 7.11 Å². The average molecular weight is 329 g/mol. The van der Waals surface area contributed by atoms with E-state index in [1.165, 1.54) is 0 Å². The molecule has 0 amide bonds. The lowest BCUT2D eigenvalue weighted by molar-refractivity contribution is 0.413. The maximum Gasteiger partial charge on any atom is 0.241 e. The molecule has 4 nitrogen and oxygen atoms in total. The minimum absolute atomic E-state index is 0.271. The number of benzene rings is 2. The molecule has 2 aromatic carbocycles. The highest BCUT2D eigenvalue weighted by molar-refractivity contribution is 7.89. The first-order chi connectivity index (χ1) is 10.9. The molecule has 0 spiro atoms. The fraction of sp³-hybridized carbons (Fsp3) is 0.222. The van der Waals surface area contributed by atoms with Crippen molar-refractivity contribution in [3.63, 3.8) is 0 Å². The Balaban J connectivity index is 1.96. The summed E-state index contributed by atoms with van der Waals surface area (Å²) in [5, 5.41) is 0. The first kappa shape index (κ1) is 15.8. The Morgan fingerprint density at radius 3 is 2.39 bits per heavy atom. The third-order valence-electron chi connectivity index (χ3n) is 4.06.